The third-order valence-electron chi connectivity index (χ3n) is 1.55. The number of nitrogens with one attached hydrogen (secondary N) is 1. The second-order valence-corrected chi connectivity index (χ2v) is 5.02. The van der Waals surface area contributed by atoms with Gasteiger partial charge in [0, 0.05) is 0 Å². The molecule has 0 unspecified atom stereocenters. The predicted octanol–water partition coefficient (Wildman–Crippen LogP) is 3.69. The molecule has 0 fully saturated rings. The number of halogens is 4. The molecule has 0 spiro atoms. The minimum atomic E-state index is -1.86. The number of rotatable bonds is 2. The van der Waals surface area contributed by atoms with E-state index in [1.165, 1.54) is 24.3 Å². The Morgan fingerprint density at radius 2 is 1.80 bits per heavy atom. The van der Waals surface area contributed by atoms with E-state index in [0.29, 0.717) is 5.56 Å². The van der Waals surface area contributed by atoms with E-state index in [-0.39, 0.29) is 12.4 Å². The highest BCUT2D eigenvalue weighted by molar-refractivity contribution is 6.75. The van der Waals surface area contributed by atoms with Crippen molar-refractivity contribution in [3.05, 3.63) is 35.6 Å². The summed E-state index contributed by atoms with van der Waals surface area (Å²) in [5.41, 5.74) is 0.690. The van der Waals surface area contributed by atoms with Crippen LogP contribution in [0.2, 0.25) is 0 Å². The molecule has 82 valence electrons. The number of ether oxygens (including phenoxy) is 1. The maximum absolute atomic E-state index is 12.5. The molecule has 0 saturated carbocycles. The third kappa shape index (κ3) is 4.24. The first-order valence-electron chi connectivity index (χ1n) is 3.92. The smallest absolute Gasteiger partial charge is 0.265 e. The van der Waals surface area contributed by atoms with E-state index in [1.807, 2.05) is 0 Å². The average molecular weight is 271 g/mol. The van der Waals surface area contributed by atoms with Gasteiger partial charge in [-0.05, 0) is 17.7 Å². The number of hydrogen-bond acceptors (Lipinski definition) is 2. The van der Waals surface area contributed by atoms with E-state index < -0.39 is 9.69 Å². The highest BCUT2D eigenvalue weighted by Crippen LogP contribution is 2.28. The number of benzene rings is 1. The van der Waals surface area contributed by atoms with Crippen LogP contribution in [0.15, 0.2) is 24.3 Å². The van der Waals surface area contributed by atoms with Crippen molar-refractivity contribution in [3.63, 3.8) is 0 Å². The summed E-state index contributed by atoms with van der Waals surface area (Å²) < 4.78 is 15.6. The Morgan fingerprint density at radius 3 is 2.27 bits per heavy atom. The van der Waals surface area contributed by atoms with Crippen LogP contribution in [-0.4, -0.2) is 9.69 Å². The Labute approximate surface area is 101 Å². The normalized spacial score (nSPS) is 11.2. The lowest BCUT2D eigenvalue weighted by molar-refractivity contribution is 0.283. The molecule has 0 aliphatic heterocycles. The minimum absolute atomic E-state index is 0.0625. The Bertz CT molecular complexity index is 347. The fourth-order valence-electron chi connectivity index (χ4n) is 0.818. The SMILES string of the molecule is N=C(OCc1ccc(F)cc1)C(Cl)(Cl)Cl. The van der Waals surface area contributed by atoms with E-state index in [2.05, 4.69) is 0 Å². The zero-order valence-corrected chi connectivity index (χ0v) is 9.70. The summed E-state index contributed by atoms with van der Waals surface area (Å²) in [5, 5.41) is 7.24. The molecule has 0 saturated heterocycles. The van der Waals surface area contributed by atoms with Crippen LogP contribution in [0.4, 0.5) is 4.39 Å². The molecule has 1 rings (SSSR count). The summed E-state index contributed by atoms with van der Waals surface area (Å²) in [5.74, 6) is -0.799. The van der Waals surface area contributed by atoms with E-state index >= 15 is 0 Å². The summed E-state index contributed by atoms with van der Waals surface area (Å²) in [4.78, 5) is 0. The summed E-state index contributed by atoms with van der Waals surface area (Å²) >= 11 is 16.2. The van der Waals surface area contributed by atoms with Crippen molar-refractivity contribution >= 4 is 40.7 Å². The Morgan fingerprint density at radius 1 is 1.27 bits per heavy atom. The average Bonchev–Trinajstić information content (AvgIpc) is 2.15. The lowest BCUT2D eigenvalue weighted by atomic mass is 10.2. The quantitative estimate of drug-likeness (QED) is 0.496. The molecule has 0 bridgehead atoms. The molecule has 0 heterocycles. The Kier molecular flexibility index (Phi) is 4.20. The van der Waals surface area contributed by atoms with Gasteiger partial charge in [0.05, 0.1) is 0 Å². The molecule has 1 N–H and O–H groups in total. The number of hydrogen-bond donors (Lipinski definition) is 1. The summed E-state index contributed by atoms with van der Waals surface area (Å²) in [7, 11) is 0. The van der Waals surface area contributed by atoms with Crippen molar-refractivity contribution in [1.29, 1.82) is 5.41 Å². The second-order valence-electron chi connectivity index (χ2n) is 2.74. The van der Waals surface area contributed by atoms with E-state index in [1.54, 1.807) is 0 Å². The fraction of sp³-hybridized carbons (Fsp3) is 0.222. The molecule has 1 aromatic rings. The molecule has 0 radical (unpaired) electrons. The second kappa shape index (κ2) is 5.01. The zero-order valence-electron chi connectivity index (χ0n) is 7.44. The third-order valence-corrected chi connectivity index (χ3v) is 2.07. The van der Waals surface area contributed by atoms with Gasteiger partial charge in [0.1, 0.15) is 12.4 Å². The first kappa shape index (κ1) is 12.6. The largest absolute Gasteiger partial charge is 0.473 e. The van der Waals surface area contributed by atoms with Crippen LogP contribution in [0.1, 0.15) is 5.56 Å². The van der Waals surface area contributed by atoms with Crippen LogP contribution in [0.3, 0.4) is 0 Å². The van der Waals surface area contributed by atoms with Crippen LogP contribution in [-0.2, 0) is 11.3 Å². The molecule has 0 atom stereocenters. The van der Waals surface area contributed by atoms with Gasteiger partial charge < -0.3 is 4.74 Å². The molecule has 6 heteroatoms. The highest BCUT2D eigenvalue weighted by Gasteiger charge is 2.28. The zero-order chi connectivity index (χ0) is 11.5. The van der Waals surface area contributed by atoms with Crippen molar-refractivity contribution in [2.45, 2.75) is 10.4 Å². The van der Waals surface area contributed by atoms with Crippen molar-refractivity contribution < 1.29 is 9.13 Å². The summed E-state index contributed by atoms with van der Waals surface area (Å²) in [6.45, 7) is 0.0625. The Hall–Kier alpha value is -0.510. The van der Waals surface area contributed by atoms with Gasteiger partial charge in [-0.25, -0.2) is 4.39 Å². The lowest BCUT2D eigenvalue weighted by Gasteiger charge is -2.13. The summed E-state index contributed by atoms with van der Waals surface area (Å²) in [6.07, 6.45) is 0. The molecule has 2 nitrogen and oxygen atoms in total. The van der Waals surface area contributed by atoms with E-state index in [4.69, 9.17) is 44.9 Å². The lowest BCUT2D eigenvalue weighted by Crippen LogP contribution is -2.20. The molecule has 1 aromatic carbocycles. The first-order chi connectivity index (χ1) is 6.89. The number of alkyl halides is 3. The van der Waals surface area contributed by atoms with Crippen LogP contribution in [0.5, 0.6) is 0 Å². The molecular weight excluding hydrogens is 263 g/mol. The van der Waals surface area contributed by atoms with Crippen LogP contribution in [0, 0.1) is 11.2 Å². The minimum Gasteiger partial charge on any atom is -0.473 e. The topological polar surface area (TPSA) is 33.1 Å². The molecule has 0 aliphatic carbocycles. The predicted molar refractivity (Wildman–Crippen MR) is 59.2 cm³/mol. The van der Waals surface area contributed by atoms with Crippen molar-refractivity contribution in [2.24, 2.45) is 0 Å². The van der Waals surface area contributed by atoms with Gasteiger partial charge in [-0.1, -0.05) is 46.9 Å². The van der Waals surface area contributed by atoms with E-state index in [9.17, 15) is 4.39 Å². The van der Waals surface area contributed by atoms with Crippen LogP contribution < -0.4 is 0 Å². The first-order valence-corrected chi connectivity index (χ1v) is 5.06. The van der Waals surface area contributed by atoms with Gasteiger partial charge in [-0.3, -0.25) is 5.41 Å². The van der Waals surface area contributed by atoms with Gasteiger partial charge in [-0.2, -0.15) is 0 Å². The van der Waals surface area contributed by atoms with Crippen molar-refractivity contribution in [1.82, 2.24) is 0 Å². The van der Waals surface area contributed by atoms with Crippen LogP contribution in [0.25, 0.3) is 0 Å². The molecule has 0 amide bonds. The summed E-state index contributed by atoms with van der Waals surface area (Å²) in [6, 6.07) is 5.64. The highest BCUT2D eigenvalue weighted by atomic mass is 35.6. The maximum Gasteiger partial charge on any atom is 0.265 e. The van der Waals surface area contributed by atoms with Gasteiger partial charge in [0.25, 0.3) is 3.79 Å². The molecular formula is C9H7Cl3FNO. The van der Waals surface area contributed by atoms with Gasteiger partial charge in [0.15, 0.2) is 0 Å². The molecule has 15 heavy (non-hydrogen) atoms. The van der Waals surface area contributed by atoms with Gasteiger partial charge in [0.2, 0.25) is 5.90 Å². The van der Waals surface area contributed by atoms with E-state index in [0.717, 1.165) is 0 Å². The Balaban J connectivity index is 2.51. The van der Waals surface area contributed by atoms with Gasteiger partial charge in [-0.15, -0.1) is 0 Å². The standard InChI is InChI=1S/C9H7Cl3FNO/c10-9(11,12)8(14)15-5-6-1-3-7(13)4-2-6/h1-4,14H,5H2. The molecule has 0 aliphatic rings. The monoisotopic (exact) mass is 269 g/mol. The maximum atomic E-state index is 12.5. The van der Waals surface area contributed by atoms with Crippen LogP contribution >= 0.6 is 34.8 Å². The van der Waals surface area contributed by atoms with Crippen molar-refractivity contribution in [3.8, 4) is 0 Å². The fourth-order valence-corrected chi connectivity index (χ4v) is 0.982. The molecule has 0 aromatic heterocycles. The van der Waals surface area contributed by atoms with Crippen molar-refractivity contribution in [2.75, 3.05) is 0 Å². The van der Waals surface area contributed by atoms with Gasteiger partial charge >= 0.3 is 0 Å².